The van der Waals surface area contributed by atoms with Crippen molar-refractivity contribution in [3.05, 3.63) is 62.7 Å². The predicted octanol–water partition coefficient (Wildman–Crippen LogP) is 4.34. The molecule has 0 aromatic heterocycles. The van der Waals surface area contributed by atoms with Crippen molar-refractivity contribution >= 4 is 23.3 Å². The smallest absolute Gasteiger partial charge is 0.307 e. The fraction of sp³-hybridized carbons (Fsp3) is 0.222. The standard InChI is InChI=1S/C18H15ClN2O4/c1-18(2,10-20)13-5-3-12(8-17(22)23)14(9-13)11-4-6-15(19)16(7-11)21(24)25/h3-7,9H,8H2,1-2H3,(H,22,23). The van der Waals surface area contributed by atoms with E-state index < -0.39 is 16.3 Å². The summed E-state index contributed by atoms with van der Waals surface area (Å²) in [6.07, 6.45) is -0.237. The molecule has 1 N–H and O–H groups in total. The first kappa shape index (κ1) is 18.4. The third-order valence-electron chi connectivity index (χ3n) is 3.91. The second-order valence-electron chi connectivity index (χ2n) is 6.10. The molecular formula is C18H15ClN2O4. The molecular weight excluding hydrogens is 344 g/mol. The summed E-state index contributed by atoms with van der Waals surface area (Å²) >= 11 is 5.85. The Bertz CT molecular complexity index is 900. The highest BCUT2D eigenvalue weighted by atomic mass is 35.5. The van der Waals surface area contributed by atoms with Crippen LogP contribution in [0.25, 0.3) is 11.1 Å². The van der Waals surface area contributed by atoms with Crippen LogP contribution in [0.2, 0.25) is 5.02 Å². The lowest BCUT2D eigenvalue weighted by atomic mass is 9.83. The predicted molar refractivity (Wildman–Crippen MR) is 93.5 cm³/mol. The van der Waals surface area contributed by atoms with Crippen molar-refractivity contribution in [2.24, 2.45) is 0 Å². The number of carboxylic acids is 1. The van der Waals surface area contributed by atoms with Crippen molar-refractivity contribution in [3.63, 3.8) is 0 Å². The Kier molecular flexibility index (Phi) is 5.10. The average molecular weight is 359 g/mol. The van der Waals surface area contributed by atoms with Gasteiger partial charge < -0.3 is 5.11 Å². The lowest BCUT2D eigenvalue weighted by Gasteiger charge is -2.19. The summed E-state index contributed by atoms with van der Waals surface area (Å²) in [5.41, 5.74) is 1.16. The fourth-order valence-electron chi connectivity index (χ4n) is 2.44. The molecule has 2 aromatic carbocycles. The SMILES string of the molecule is CC(C)(C#N)c1ccc(CC(=O)O)c(-c2ccc(Cl)c([N+](=O)[O-])c2)c1. The summed E-state index contributed by atoms with van der Waals surface area (Å²) in [6, 6.07) is 11.5. The van der Waals surface area contributed by atoms with Gasteiger partial charge in [0.1, 0.15) is 5.02 Å². The third kappa shape index (κ3) is 3.95. The van der Waals surface area contributed by atoms with Gasteiger partial charge in [-0.05, 0) is 48.2 Å². The summed E-state index contributed by atoms with van der Waals surface area (Å²) < 4.78 is 0. The second kappa shape index (κ2) is 6.91. The van der Waals surface area contributed by atoms with Gasteiger partial charge in [0.25, 0.3) is 5.69 Å². The van der Waals surface area contributed by atoms with Gasteiger partial charge >= 0.3 is 5.97 Å². The van der Waals surface area contributed by atoms with E-state index in [0.29, 0.717) is 22.3 Å². The highest BCUT2D eigenvalue weighted by Gasteiger charge is 2.23. The Balaban J connectivity index is 2.70. The molecule has 128 valence electrons. The molecule has 25 heavy (non-hydrogen) atoms. The number of carboxylic acid groups (broad SMARTS) is 1. The number of carbonyl (C=O) groups is 1. The lowest BCUT2D eigenvalue weighted by Crippen LogP contribution is -2.14. The van der Waals surface area contributed by atoms with Crippen molar-refractivity contribution in [3.8, 4) is 17.2 Å². The summed E-state index contributed by atoms with van der Waals surface area (Å²) in [4.78, 5) is 21.7. The molecule has 7 heteroatoms. The van der Waals surface area contributed by atoms with Gasteiger partial charge in [0, 0.05) is 6.07 Å². The normalized spacial score (nSPS) is 11.0. The van der Waals surface area contributed by atoms with Crippen LogP contribution in [-0.4, -0.2) is 16.0 Å². The van der Waals surface area contributed by atoms with Crippen molar-refractivity contribution < 1.29 is 14.8 Å². The van der Waals surface area contributed by atoms with Gasteiger partial charge in [0.15, 0.2) is 0 Å². The maximum absolute atomic E-state index is 11.1. The number of nitriles is 1. The molecule has 2 aromatic rings. The van der Waals surface area contributed by atoms with E-state index in [2.05, 4.69) is 6.07 Å². The minimum absolute atomic E-state index is 0.00189. The molecule has 0 spiro atoms. The first-order chi connectivity index (χ1) is 11.7. The van der Waals surface area contributed by atoms with E-state index in [1.54, 1.807) is 38.1 Å². The summed E-state index contributed by atoms with van der Waals surface area (Å²) in [6.45, 7) is 3.49. The molecule has 0 radical (unpaired) electrons. The molecule has 0 saturated carbocycles. The Labute approximate surface area is 149 Å². The fourth-order valence-corrected chi connectivity index (χ4v) is 2.62. The number of hydrogen-bond acceptors (Lipinski definition) is 4. The van der Waals surface area contributed by atoms with E-state index in [0.717, 1.165) is 0 Å². The number of hydrogen-bond donors (Lipinski definition) is 1. The van der Waals surface area contributed by atoms with E-state index in [1.165, 1.54) is 12.1 Å². The van der Waals surface area contributed by atoms with Gasteiger partial charge in [-0.15, -0.1) is 0 Å². The zero-order valence-corrected chi connectivity index (χ0v) is 14.4. The number of aliphatic carboxylic acids is 1. The minimum Gasteiger partial charge on any atom is -0.481 e. The van der Waals surface area contributed by atoms with Crippen molar-refractivity contribution in [1.29, 1.82) is 5.26 Å². The Hall–Kier alpha value is -2.91. The molecule has 0 saturated heterocycles. The van der Waals surface area contributed by atoms with Crippen LogP contribution in [0.15, 0.2) is 36.4 Å². The van der Waals surface area contributed by atoms with Gasteiger partial charge in [-0.25, -0.2) is 0 Å². The number of nitrogens with zero attached hydrogens (tertiary/aromatic N) is 2. The van der Waals surface area contributed by atoms with Crippen molar-refractivity contribution in [2.75, 3.05) is 0 Å². The van der Waals surface area contributed by atoms with Crippen LogP contribution in [0, 0.1) is 21.4 Å². The van der Waals surface area contributed by atoms with E-state index in [4.69, 9.17) is 16.7 Å². The highest BCUT2D eigenvalue weighted by molar-refractivity contribution is 6.32. The Morgan fingerprint density at radius 3 is 2.56 bits per heavy atom. The third-order valence-corrected chi connectivity index (χ3v) is 4.23. The Morgan fingerprint density at radius 2 is 2.00 bits per heavy atom. The largest absolute Gasteiger partial charge is 0.481 e. The van der Waals surface area contributed by atoms with Crippen LogP contribution in [0.3, 0.4) is 0 Å². The van der Waals surface area contributed by atoms with Crippen LogP contribution < -0.4 is 0 Å². The summed E-state index contributed by atoms with van der Waals surface area (Å²) in [5.74, 6) is -1.02. The van der Waals surface area contributed by atoms with Gasteiger partial charge in [0.2, 0.25) is 0 Å². The molecule has 0 bridgehead atoms. The van der Waals surface area contributed by atoms with Gasteiger partial charge in [-0.3, -0.25) is 14.9 Å². The molecule has 6 nitrogen and oxygen atoms in total. The summed E-state index contributed by atoms with van der Waals surface area (Å²) in [5, 5.41) is 29.6. The maximum atomic E-state index is 11.1. The van der Waals surface area contributed by atoms with Gasteiger partial charge in [0.05, 0.1) is 22.8 Å². The second-order valence-corrected chi connectivity index (χ2v) is 6.51. The molecule has 0 aliphatic carbocycles. The topological polar surface area (TPSA) is 104 Å². The quantitative estimate of drug-likeness (QED) is 0.632. The zero-order valence-electron chi connectivity index (χ0n) is 13.6. The number of benzene rings is 2. The van der Waals surface area contributed by atoms with Crippen LogP contribution in [0.5, 0.6) is 0 Å². The van der Waals surface area contributed by atoms with Crippen molar-refractivity contribution in [2.45, 2.75) is 25.7 Å². The van der Waals surface area contributed by atoms with E-state index >= 15 is 0 Å². The molecule has 0 atom stereocenters. The molecule has 0 amide bonds. The molecule has 0 aliphatic heterocycles. The number of halogens is 1. The lowest BCUT2D eigenvalue weighted by molar-refractivity contribution is -0.384. The van der Waals surface area contributed by atoms with Crippen LogP contribution in [0.1, 0.15) is 25.0 Å². The van der Waals surface area contributed by atoms with Crippen molar-refractivity contribution in [1.82, 2.24) is 0 Å². The molecule has 0 heterocycles. The first-order valence-electron chi connectivity index (χ1n) is 7.36. The molecule has 0 unspecified atom stereocenters. The van der Waals surface area contributed by atoms with E-state index in [9.17, 15) is 20.2 Å². The first-order valence-corrected chi connectivity index (χ1v) is 7.74. The number of nitro benzene ring substituents is 1. The zero-order chi connectivity index (χ0) is 18.8. The molecule has 0 aliphatic rings. The van der Waals surface area contributed by atoms with Gasteiger partial charge in [-0.2, -0.15) is 5.26 Å². The monoisotopic (exact) mass is 358 g/mol. The number of nitro groups is 1. The van der Waals surface area contributed by atoms with E-state index in [1.807, 2.05) is 0 Å². The van der Waals surface area contributed by atoms with Crippen LogP contribution in [0.4, 0.5) is 5.69 Å². The van der Waals surface area contributed by atoms with Crippen LogP contribution >= 0.6 is 11.6 Å². The number of rotatable bonds is 5. The Morgan fingerprint density at radius 1 is 1.32 bits per heavy atom. The van der Waals surface area contributed by atoms with E-state index in [-0.39, 0.29) is 17.1 Å². The minimum atomic E-state index is -1.02. The van der Waals surface area contributed by atoms with Gasteiger partial charge in [-0.1, -0.05) is 29.8 Å². The molecule has 2 rings (SSSR count). The molecule has 0 fully saturated rings. The average Bonchev–Trinajstić information content (AvgIpc) is 2.55. The summed E-state index contributed by atoms with van der Waals surface area (Å²) in [7, 11) is 0. The maximum Gasteiger partial charge on any atom is 0.307 e. The highest BCUT2D eigenvalue weighted by Crippen LogP contribution is 2.35. The van der Waals surface area contributed by atoms with Crippen LogP contribution in [-0.2, 0) is 16.6 Å².